The van der Waals surface area contributed by atoms with E-state index >= 15 is 8.78 Å². The Morgan fingerprint density at radius 2 is 1.61 bits per heavy atom. The minimum Gasteiger partial charge on any atom is -0.453 e. The van der Waals surface area contributed by atoms with Crippen LogP contribution in [0.1, 0.15) is 54.5 Å². The number of nitrogens with two attached hydrogens (primary N) is 1. The van der Waals surface area contributed by atoms with Crippen LogP contribution in [0.25, 0.3) is 5.57 Å². The smallest absolute Gasteiger partial charge is 0.407 e. The van der Waals surface area contributed by atoms with Crippen LogP contribution in [-0.2, 0) is 22.5 Å². The number of carbonyl (C=O) groups is 3. The van der Waals surface area contributed by atoms with Gasteiger partial charge in [-0.2, -0.15) is 22.0 Å². The summed E-state index contributed by atoms with van der Waals surface area (Å²) in [5, 5.41) is 18.4. The van der Waals surface area contributed by atoms with Crippen molar-refractivity contribution in [2.24, 2.45) is 16.1 Å². The molecule has 2 unspecified atom stereocenters. The maximum absolute atomic E-state index is 15.1. The molecule has 0 aliphatic carbocycles. The first kappa shape index (κ1) is 50.6. The van der Waals surface area contributed by atoms with Crippen molar-refractivity contribution in [3.05, 3.63) is 100 Å². The fourth-order valence-corrected chi connectivity index (χ4v) is 7.64. The van der Waals surface area contributed by atoms with Crippen molar-refractivity contribution in [1.82, 2.24) is 30.7 Å². The van der Waals surface area contributed by atoms with Gasteiger partial charge in [0.25, 0.3) is 0 Å². The van der Waals surface area contributed by atoms with Crippen molar-refractivity contribution >= 4 is 35.6 Å². The van der Waals surface area contributed by atoms with Gasteiger partial charge < -0.3 is 46.2 Å². The summed E-state index contributed by atoms with van der Waals surface area (Å²) in [6.07, 6.45) is -3.07. The molecule has 0 spiro atoms. The number of anilines is 1. The van der Waals surface area contributed by atoms with Gasteiger partial charge in [-0.15, -0.1) is 0 Å². The number of alkyl halides is 5. The number of aliphatic hydroxyl groups excluding tert-OH is 1. The summed E-state index contributed by atoms with van der Waals surface area (Å²) < 4.78 is 102. The van der Waals surface area contributed by atoms with Crippen LogP contribution in [0.15, 0.2) is 65.9 Å². The Kier molecular flexibility index (Phi) is 16.7. The van der Waals surface area contributed by atoms with Crippen LogP contribution >= 0.6 is 0 Å². The number of aliphatic hydroxyl groups is 1. The summed E-state index contributed by atoms with van der Waals surface area (Å²) in [4.78, 5) is 51.7. The van der Waals surface area contributed by atoms with Crippen LogP contribution in [0.4, 0.5) is 46.1 Å². The largest absolute Gasteiger partial charge is 0.453 e. The van der Waals surface area contributed by atoms with E-state index in [0.29, 0.717) is 49.8 Å². The number of alkyl carbamates (subject to hydrolysis) is 1. The lowest BCUT2D eigenvalue weighted by molar-refractivity contribution is -0.220. The van der Waals surface area contributed by atoms with E-state index in [2.05, 4.69) is 42.1 Å². The number of urea groups is 1. The zero-order valence-corrected chi connectivity index (χ0v) is 36.8. The van der Waals surface area contributed by atoms with Crippen LogP contribution in [0.5, 0.6) is 0 Å². The Morgan fingerprint density at radius 1 is 1.00 bits per heavy atom. The quantitative estimate of drug-likeness (QED) is 0.0595. The molecule has 3 aromatic rings. The molecule has 0 radical (unpaired) electrons. The molecule has 66 heavy (non-hydrogen) atoms. The number of rotatable bonds is 15. The highest BCUT2D eigenvalue weighted by atomic mass is 19.4. The number of pyridine rings is 1. The molecule has 6 N–H and O–H groups in total. The number of halogens is 7. The zero-order valence-electron chi connectivity index (χ0n) is 36.8. The highest BCUT2D eigenvalue weighted by molar-refractivity contribution is 6.09. The number of hydrogen-bond donors (Lipinski definition) is 5. The molecule has 14 nitrogen and oxygen atoms in total. The van der Waals surface area contributed by atoms with Gasteiger partial charge in [-0.25, -0.2) is 28.3 Å². The lowest BCUT2D eigenvalue weighted by Crippen LogP contribution is -2.62. The summed E-state index contributed by atoms with van der Waals surface area (Å²) in [5.74, 6) is 3.38. The van der Waals surface area contributed by atoms with Crippen molar-refractivity contribution in [3.63, 3.8) is 0 Å². The average Bonchev–Trinajstić information content (AvgIpc) is 3.53. The number of aliphatic imine (C=N–C) groups is 1. The zero-order chi connectivity index (χ0) is 48.5. The number of aromatic nitrogens is 1. The fraction of sp³-hybridized carbons (Fsp3) is 0.444. The van der Waals surface area contributed by atoms with Gasteiger partial charge in [0.15, 0.2) is 0 Å². The predicted molar refractivity (Wildman–Crippen MR) is 232 cm³/mol. The molecule has 3 heterocycles. The summed E-state index contributed by atoms with van der Waals surface area (Å²) >= 11 is 0. The number of amides is 4. The van der Waals surface area contributed by atoms with E-state index in [0.717, 1.165) is 44.1 Å². The SMILES string of the molecule is COC(=O)N[C@H](C(=O)N[C@@H](Cc1ccc(C#Cc2ccc(N3CC4CCC(C3)N4C(=O)N(C)C)nc2)cc1)[C@@H](O)CNCc1c(F)cc(C(C=NC(F)F)=CN)cc1F)C(C)(C)C(F)(F)F. The van der Waals surface area contributed by atoms with Gasteiger partial charge >= 0.3 is 24.9 Å². The van der Waals surface area contributed by atoms with Gasteiger partial charge in [-0.05, 0) is 80.6 Å². The van der Waals surface area contributed by atoms with Gasteiger partial charge in [0.2, 0.25) is 5.91 Å². The second-order valence-electron chi connectivity index (χ2n) is 16.6. The topological polar surface area (TPSA) is 178 Å². The highest BCUT2D eigenvalue weighted by Gasteiger charge is 2.56. The Balaban J connectivity index is 1.30. The predicted octanol–water partition coefficient (Wildman–Crippen LogP) is 5.18. The standard InChI is InChI=1S/C45H52F7N9O5/c1-44(2,45(50,51)52)39(58-42(64)66-5)40(63)57-36(37(62)23-54-22-33-34(46)17-29(18-35(33)47)30(19-53)21-56-41(48)49)16-27-9-6-26(7-10-27)8-11-28-12-15-38(55-20-28)60-24-31-13-14-32(25-60)61(31)43(65)59(3)4/h6-7,9-10,12,15,17-21,31-32,36-37,39,41,54,62H,13-14,16,22-25,53H2,1-5H3,(H,57,63)(H,58,64)/t31?,32?,36-,37-,39+/m0/s1. The van der Waals surface area contributed by atoms with Crippen molar-refractivity contribution in [2.75, 3.05) is 45.7 Å². The van der Waals surface area contributed by atoms with E-state index in [1.165, 1.54) is 0 Å². The lowest BCUT2D eigenvalue weighted by Gasteiger charge is -2.42. The molecule has 4 amide bonds. The van der Waals surface area contributed by atoms with Crippen molar-refractivity contribution in [2.45, 2.75) is 82.7 Å². The highest BCUT2D eigenvalue weighted by Crippen LogP contribution is 2.41. The minimum absolute atomic E-state index is 0.00860. The summed E-state index contributed by atoms with van der Waals surface area (Å²) in [5.41, 5.74) is 3.42. The molecule has 2 saturated heterocycles. The van der Waals surface area contributed by atoms with Gasteiger partial charge in [0.1, 0.15) is 23.5 Å². The number of allylic oxidation sites excluding steroid dienone is 1. The van der Waals surface area contributed by atoms with E-state index in [9.17, 15) is 41.4 Å². The number of piperazine rings is 1. The van der Waals surface area contributed by atoms with E-state index in [-0.39, 0.29) is 35.7 Å². The van der Waals surface area contributed by atoms with Gasteiger partial charge in [0, 0.05) is 81.1 Å². The van der Waals surface area contributed by atoms with Gasteiger partial charge in [-0.1, -0.05) is 24.0 Å². The molecule has 2 bridgehead atoms. The number of methoxy groups -OCH3 is 1. The van der Waals surface area contributed by atoms with E-state index in [1.807, 2.05) is 22.3 Å². The van der Waals surface area contributed by atoms with Crippen molar-refractivity contribution in [3.8, 4) is 11.8 Å². The normalized spacial score (nSPS) is 17.8. The first-order chi connectivity index (χ1) is 31.1. The number of ether oxygens (including phenoxy) is 1. The van der Waals surface area contributed by atoms with Crippen LogP contribution in [0.2, 0.25) is 0 Å². The molecule has 21 heteroatoms. The molecule has 5 atom stereocenters. The van der Waals surface area contributed by atoms with Crippen LogP contribution < -0.4 is 26.6 Å². The van der Waals surface area contributed by atoms with Gasteiger partial charge in [-0.3, -0.25) is 4.79 Å². The molecule has 2 aromatic carbocycles. The summed E-state index contributed by atoms with van der Waals surface area (Å²) in [7, 11) is 4.40. The number of nitrogens with one attached hydrogen (secondary N) is 3. The fourth-order valence-electron chi connectivity index (χ4n) is 7.64. The molecular weight excluding hydrogens is 880 g/mol. The van der Waals surface area contributed by atoms with Crippen molar-refractivity contribution < 1.29 is 55.0 Å². The molecule has 2 fully saturated rings. The van der Waals surface area contributed by atoms with Gasteiger partial charge in [0.05, 0.1) is 36.8 Å². The maximum Gasteiger partial charge on any atom is 0.407 e. The Bertz CT molecular complexity index is 2280. The second-order valence-corrected chi connectivity index (χ2v) is 16.6. The Hall–Kier alpha value is -6.40. The maximum atomic E-state index is 15.1. The molecule has 0 saturated carbocycles. The molecule has 1 aromatic heterocycles. The average molecular weight is 932 g/mol. The number of fused-ring (bicyclic) bond motifs is 2. The van der Waals surface area contributed by atoms with Crippen molar-refractivity contribution in [1.29, 1.82) is 0 Å². The molecule has 5 rings (SSSR count). The van der Waals surface area contributed by atoms with E-state index < -0.39 is 78.6 Å². The summed E-state index contributed by atoms with van der Waals surface area (Å²) in [6.45, 7) is -1.32. The first-order valence-electron chi connectivity index (χ1n) is 20.8. The molecule has 356 valence electrons. The third-order valence-corrected chi connectivity index (χ3v) is 11.5. The second kappa shape index (κ2) is 21.7. The number of hydrogen-bond acceptors (Lipinski definition) is 10. The Labute approximate surface area is 377 Å². The molecular formula is C45H52F7N9O5. The minimum atomic E-state index is -5.00. The van der Waals surface area contributed by atoms with Crippen LogP contribution in [0, 0.1) is 28.9 Å². The third-order valence-electron chi connectivity index (χ3n) is 11.5. The number of nitrogens with zero attached hydrogens (tertiary/aromatic N) is 5. The molecule has 2 aliphatic rings. The third kappa shape index (κ3) is 12.5. The van der Waals surface area contributed by atoms with E-state index in [1.54, 1.807) is 49.5 Å². The monoisotopic (exact) mass is 931 g/mol. The number of carbonyl (C=O) groups excluding carboxylic acids is 3. The lowest BCUT2D eigenvalue weighted by atomic mass is 9.82. The summed E-state index contributed by atoms with van der Waals surface area (Å²) in [6, 6.07) is 8.63. The number of benzene rings is 2. The molecule has 2 aliphatic heterocycles. The van der Waals surface area contributed by atoms with Crippen LogP contribution in [-0.4, -0.2) is 128 Å². The van der Waals surface area contributed by atoms with Crippen LogP contribution in [0.3, 0.4) is 0 Å². The first-order valence-corrected chi connectivity index (χ1v) is 20.8. The Morgan fingerprint density at radius 3 is 2.14 bits per heavy atom. The van der Waals surface area contributed by atoms with E-state index in [4.69, 9.17) is 5.73 Å².